The molecule has 134 valence electrons. The summed E-state index contributed by atoms with van der Waals surface area (Å²) >= 11 is 0. The normalized spacial score (nSPS) is 13.5. The first kappa shape index (κ1) is 20.2. The van der Waals surface area contributed by atoms with Crippen molar-refractivity contribution in [1.82, 2.24) is 4.57 Å². The SMILES string of the molecule is CCCCC(CC)COC(CC)n1c(O)cc(CC)c(C#N)c1=O. The average molecular weight is 334 g/mol. The van der Waals surface area contributed by atoms with E-state index in [0.717, 1.165) is 25.7 Å². The molecule has 0 amide bonds. The molecule has 0 radical (unpaired) electrons. The van der Waals surface area contributed by atoms with Crippen molar-refractivity contribution in [3.8, 4) is 11.9 Å². The second-order valence-electron chi connectivity index (χ2n) is 6.16. The number of nitriles is 1. The van der Waals surface area contributed by atoms with Crippen molar-refractivity contribution in [1.29, 1.82) is 5.26 Å². The smallest absolute Gasteiger partial charge is 0.273 e. The van der Waals surface area contributed by atoms with Crippen LogP contribution in [-0.4, -0.2) is 16.3 Å². The summed E-state index contributed by atoms with van der Waals surface area (Å²) in [5, 5.41) is 19.5. The summed E-state index contributed by atoms with van der Waals surface area (Å²) in [5.74, 6) is 0.312. The lowest BCUT2D eigenvalue weighted by molar-refractivity contribution is -0.0271. The molecule has 0 aliphatic carbocycles. The zero-order chi connectivity index (χ0) is 18.1. The molecular weight excluding hydrogens is 304 g/mol. The summed E-state index contributed by atoms with van der Waals surface area (Å²) in [6.07, 6.45) is 4.96. The maximum Gasteiger partial charge on any atom is 0.273 e. The van der Waals surface area contributed by atoms with Gasteiger partial charge >= 0.3 is 0 Å². The Balaban J connectivity index is 3.04. The van der Waals surface area contributed by atoms with Gasteiger partial charge in [0.05, 0.1) is 6.61 Å². The van der Waals surface area contributed by atoms with Crippen LogP contribution in [0.15, 0.2) is 10.9 Å². The molecule has 2 unspecified atom stereocenters. The van der Waals surface area contributed by atoms with Crippen LogP contribution in [0, 0.1) is 17.2 Å². The topological polar surface area (TPSA) is 75.2 Å². The lowest BCUT2D eigenvalue weighted by Gasteiger charge is -2.24. The largest absolute Gasteiger partial charge is 0.494 e. The minimum Gasteiger partial charge on any atom is -0.494 e. The number of rotatable bonds is 10. The van der Waals surface area contributed by atoms with E-state index in [1.165, 1.54) is 10.6 Å². The molecule has 1 N–H and O–H groups in total. The predicted octanol–water partition coefficient (Wildman–Crippen LogP) is 4.13. The van der Waals surface area contributed by atoms with Gasteiger partial charge in [0.25, 0.3) is 5.56 Å². The van der Waals surface area contributed by atoms with Crippen molar-refractivity contribution in [3.05, 3.63) is 27.5 Å². The van der Waals surface area contributed by atoms with E-state index in [1.54, 1.807) is 0 Å². The molecule has 0 saturated heterocycles. The Labute approximate surface area is 144 Å². The highest BCUT2D eigenvalue weighted by Gasteiger charge is 2.21. The highest BCUT2D eigenvalue weighted by Crippen LogP contribution is 2.23. The van der Waals surface area contributed by atoms with Crippen LogP contribution in [0.2, 0.25) is 0 Å². The first-order valence-electron chi connectivity index (χ1n) is 9.02. The number of pyridine rings is 1. The summed E-state index contributed by atoms with van der Waals surface area (Å²) in [6.45, 7) is 8.62. The molecule has 1 aromatic rings. The molecule has 5 heteroatoms. The molecule has 0 aromatic carbocycles. The third kappa shape index (κ3) is 4.85. The third-order valence-corrected chi connectivity index (χ3v) is 4.50. The molecule has 0 saturated carbocycles. The molecule has 5 nitrogen and oxygen atoms in total. The van der Waals surface area contributed by atoms with Crippen LogP contribution < -0.4 is 5.56 Å². The van der Waals surface area contributed by atoms with Gasteiger partial charge in [-0.1, -0.05) is 47.0 Å². The molecule has 0 aliphatic rings. The number of nitrogens with zero attached hydrogens (tertiary/aromatic N) is 2. The zero-order valence-corrected chi connectivity index (χ0v) is 15.3. The molecule has 0 spiro atoms. The Morgan fingerprint density at radius 3 is 2.50 bits per heavy atom. The van der Waals surface area contributed by atoms with Crippen LogP contribution in [0.4, 0.5) is 0 Å². The van der Waals surface area contributed by atoms with Gasteiger partial charge < -0.3 is 9.84 Å². The van der Waals surface area contributed by atoms with Crippen LogP contribution in [0.25, 0.3) is 0 Å². The van der Waals surface area contributed by atoms with E-state index in [-0.39, 0.29) is 11.4 Å². The Morgan fingerprint density at radius 1 is 1.29 bits per heavy atom. The van der Waals surface area contributed by atoms with E-state index in [2.05, 4.69) is 13.8 Å². The van der Waals surface area contributed by atoms with Crippen LogP contribution in [0.5, 0.6) is 5.88 Å². The van der Waals surface area contributed by atoms with E-state index < -0.39 is 11.8 Å². The van der Waals surface area contributed by atoms with Crippen LogP contribution in [0.3, 0.4) is 0 Å². The van der Waals surface area contributed by atoms with Gasteiger partial charge in [-0.25, -0.2) is 0 Å². The second-order valence-corrected chi connectivity index (χ2v) is 6.16. The van der Waals surface area contributed by atoms with E-state index in [9.17, 15) is 15.2 Å². The number of hydrogen-bond donors (Lipinski definition) is 1. The Morgan fingerprint density at radius 2 is 2.00 bits per heavy atom. The summed E-state index contributed by atoms with van der Waals surface area (Å²) in [7, 11) is 0. The fourth-order valence-electron chi connectivity index (χ4n) is 2.86. The van der Waals surface area contributed by atoms with E-state index in [0.29, 0.717) is 30.9 Å². The monoisotopic (exact) mass is 334 g/mol. The first-order valence-corrected chi connectivity index (χ1v) is 9.02. The van der Waals surface area contributed by atoms with Crippen molar-refractivity contribution in [3.63, 3.8) is 0 Å². The zero-order valence-electron chi connectivity index (χ0n) is 15.3. The summed E-state index contributed by atoms with van der Waals surface area (Å²) < 4.78 is 7.17. The standard InChI is InChI=1S/C19H30N2O3/c1-5-9-10-14(6-2)13-24-18(8-4)21-17(22)11-15(7-3)16(12-20)19(21)23/h11,14,18,22H,5-10,13H2,1-4H3. The number of aromatic nitrogens is 1. The minimum atomic E-state index is -0.550. The Hall–Kier alpha value is -1.80. The fourth-order valence-corrected chi connectivity index (χ4v) is 2.86. The molecule has 1 rings (SSSR count). The third-order valence-electron chi connectivity index (χ3n) is 4.50. The Kier molecular flexibility index (Phi) is 8.56. The number of aryl methyl sites for hydroxylation is 1. The van der Waals surface area contributed by atoms with Crippen LogP contribution in [0.1, 0.15) is 77.2 Å². The van der Waals surface area contributed by atoms with Crippen LogP contribution >= 0.6 is 0 Å². The number of unbranched alkanes of at least 4 members (excludes halogenated alkanes) is 1. The predicted molar refractivity (Wildman–Crippen MR) is 95.0 cm³/mol. The van der Waals surface area contributed by atoms with Crippen molar-refractivity contribution < 1.29 is 9.84 Å². The van der Waals surface area contributed by atoms with Crippen molar-refractivity contribution in [2.45, 2.75) is 72.4 Å². The Bertz CT molecular complexity index is 616. The molecule has 0 fully saturated rings. The van der Waals surface area contributed by atoms with Gasteiger partial charge in [0.2, 0.25) is 0 Å². The maximum atomic E-state index is 12.6. The summed E-state index contributed by atoms with van der Waals surface area (Å²) in [6, 6.07) is 3.47. The lowest BCUT2D eigenvalue weighted by Crippen LogP contribution is -2.30. The first-order chi connectivity index (χ1) is 11.5. The van der Waals surface area contributed by atoms with Crippen LogP contribution in [-0.2, 0) is 11.2 Å². The van der Waals surface area contributed by atoms with E-state index >= 15 is 0 Å². The maximum absolute atomic E-state index is 12.6. The average Bonchev–Trinajstić information content (AvgIpc) is 2.59. The highest BCUT2D eigenvalue weighted by atomic mass is 16.5. The van der Waals surface area contributed by atoms with Crippen molar-refractivity contribution >= 4 is 0 Å². The van der Waals surface area contributed by atoms with Crippen molar-refractivity contribution in [2.75, 3.05) is 6.61 Å². The van der Waals surface area contributed by atoms with Gasteiger partial charge in [-0.2, -0.15) is 5.26 Å². The summed E-state index contributed by atoms with van der Waals surface area (Å²) in [4.78, 5) is 12.6. The molecule has 2 atom stereocenters. The van der Waals surface area contributed by atoms with Gasteiger partial charge in [-0.05, 0) is 30.7 Å². The van der Waals surface area contributed by atoms with E-state index in [1.807, 2.05) is 19.9 Å². The fraction of sp³-hybridized carbons (Fsp3) is 0.684. The number of hydrogen-bond acceptors (Lipinski definition) is 4. The number of ether oxygens (including phenoxy) is 1. The molecule has 0 aliphatic heterocycles. The molecule has 24 heavy (non-hydrogen) atoms. The molecule has 1 aromatic heterocycles. The number of aromatic hydroxyl groups is 1. The van der Waals surface area contributed by atoms with E-state index in [4.69, 9.17) is 4.74 Å². The second kappa shape index (κ2) is 10.1. The van der Waals surface area contributed by atoms with Crippen molar-refractivity contribution in [2.24, 2.45) is 5.92 Å². The quantitative estimate of drug-likeness (QED) is 0.698. The van der Waals surface area contributed by atoms with Gasteiger partial charge in [0, 0.05) is 6.07 Å². The minimum absolute atomic E-state index is 0.0929. The van der Waals surface area contributed by atoms with Gasteiger partial charge in [0.15, 0.2) is 5.88 Å². The summed E-state index contributed by atoms with van der Waals surface area (Å²) in [5.41, 5.74) is 0.193. The molecular formula is C19H30N2O3. The van der Waals surface area contributed by atoms with Gasteiger partial charge in [-0.15, -0.1) is 0 Å². The van der Waals surface area contributed by atoms with Gasteiger partial charge in [-0.3, -0.25) is 9.36 Å². The highest BCUT2D eigenvalue weighted by molar-refractivity contribution is 5.39. The molecule has 1 heterocycles. The lowest BCUT2D eigenvalue weighted by atomic mass is 10.0. The van der Waals surface area contributed by atoms with Gasteiger partial charge in [0.1, 0.15) is 17.9 Å². The molecule has 0 bridgehead atoms.